The molecule has 3 aromatic rings. The number of aliphatic hydroxyl groups excluding tert-OH is 1. The number of hydrogen-bond acceptors (Lipinski definition) is 2. The van der Waals surface area contributed by atoms with E-state index in [9.17, 15) is 5.11 Å². The molecule has 0 aliphatic rings. The Balaban J connectivity index is 1.89. The van der Waals surface area contributed by atoms with E-state index in [1.54, 1.807) is 0 Å². The second-order valence-electron chi connectivity index (χ2n) is 7.41. The van der Waals surface area contributed by atoms with Crippen molar-refractivity contribution in [3.63, 3.8) is 0 Å². The van der Waals surface area contributed by atoms with Gasteiger partial charge < -0.3 is 10.0 Å². The molecular formula is C24H30ClNO. The number of fused-ring (bicyclic) bond motifs is 3. The zero-order valence-corrected chi connectivity index (χ0v) is 17.2. The topological polar surface area (TPSA) is 23.5 Å². The van der Waals surface area contributed by atoms with Crippen LogP contribution in [0.1, 0.15) is 51.2 Å². The molecule has 27 heavy (non-hydrogen) atoms. The van der Waals surface area contributed by atoms with Crippen LogP contribution in [-0.2, 0) is 0 Å². The lowest BCUT2D eigenvalue weighted by molar-refractivity contribution is 0.111. The highest BCUT2D eigenvalue weighted by molar-refractivity contribution is 6.37. The molecule has 0 fully saturated rings. The number of rotatable bonds is 9. The molecule has 3 aromatic carbocycles. The summed E-state index contributed by atoms with van der Waals surface area (Å²) >= 11 is 6.45. The minimum Gasteiger partial charge on any atom is -0.387 e. The van der Waals surface area contributed by atoms with Crippen molar-refractivity contribution < 1.29 is 5.11 Å². The van der Waals surface area contributed by atoms with Crippen molar-refractivity contribution in [1.82, 2.24) is 4.90 Å². The molecule has 0 amide bonds. The van der Waals surface area contributed by atoms with E-state index in [0.29, 0.717) is 6.54 Å². The maximum atomic E-state index is 10.9. The normalized spacial score (nSPS) is 12.9. The maximum Gasteiger partial charge on any atom is 0.0917 e. The van der Waals surface area contributed by atoms with E-state index in [1.807, 2.05) is 24.3 Å². The molecule has 0 aliphatic heterocycles. The minimum absolute atomic E-state index is 0.474. The van der Waals surface area contributed by atoms with Crippen LogP contribution in [0.4, 0.5) is 0 Å². The summed E-state index contributed by atoms with van der Waals surface area (Å²) in [6.45, 7) is 7.23. The number of nitrogens with zero attached hydrogens (tertiary/aromatic N) is 1. The highest BCUT2D eigenvalue weighted by Crippen LogP contribution is 2.33. The lowest BCUT2D eigenvalue weighted by Crippen LogP contribution is -2.30. The van der Waals surface area contributed by atoms with Gasteiger partial charge in [0, 0.05) is 17.0 Å². The Hall–Kier alpha value is -1.61. The van der Waals surface area contributed by atoms with E-state index in [0.717, 1.165) is 45.2 Å². The van der Waals surface area contributed by atoms with Gasteiger partial charge in [-0.05, 0) is 59.8 Å². The van der Waals surface area contributed by atoms with E-state index in [2.05, 4.69) is 43.0 Å². The SMILES string of the molecule is CCCCN(CCCC)C[C@H](O)c1ccc2cc(Cl)c3ccccc3c2c1. The monoisotopic (exact) mass is 383 g/mol. The molecule has 0 aromatic heterocycles. The fraction of sp³-hybridized carbons (Fsp3) is 0.417. The first-order chi connectivity index (χ1) is 13.1. The van der Waals surface area contributed by atoms with Crippen LogP contribution in [0, 0.1) is 0 Å². The number of halogens is 1. The quantitative estimate of drug-likeness (QED) is 0.421. The van der Waals surface area contributed by atoms with Crippen molar-refractivity contribution in [2.24, 2.45) is 0 Å². The summed E-state index contributed by atoms with van der Waals surface area (Å²) in [5, 5.41) is 16.2. The third kappa shape index (κ3) is 4.82. The molecule has 0 unspecified atom stereocenters. The Labute approximate surface area is 167 Å². The molecule has 0 saturated heterocycles. The predicted molar refractivity (Wildman–Crippen MR) is 118 cm³/mol. The molecular weight excluding hydrogens is 354 g/mol. The van der Waals surface area contributed by atoms with Gasteiger partial charge in [0.15, 0.2) is 0 Å². The van der Waals surface area contributed by atoms with Crippen molar-refractivity contribution in [3.8, 4) is 0 Å². The van der Waals surface area contributed by atoms with Gasteiger partial charge in [-0.2, -0.15) is 0 Å². The highest BCUT2D eigenvalue weighted by atomic mass is 35.5. The second-order valence-corrected chi connectivity index (χ2v) is 7.82. The van der Waals surface area contributed by atoms with E-state index in [1.165, 1.54) is 25.7 Å². The molecule has 0 spiro atoms. The van der Waals surface area contributed by atoms with Crippen LogP contribution >= 0.6 is 11.6 Å². The molecule has 144 valence electrons. The highest BCUT2D eigenvalue weighted by Gasteiger charge is 2.15. The molecule has 0 bridgehead atoms. The number of hydrogen-bond donors (Lipinski definition) is 1. The number of aliphatic hydroxyl groups is 1. The number of unbranched alkanes of at least 4 members (excludes halogenated alkanes) is 2. The molecule has 0 saturated carbocycles. The Morgan fingerprint density at radius 2 is 1.56 bits per heavy atom. The van der Waals surface area contributed by atoms with Crippen LogP contribution in [-0.4, -0.2) is 29.6 Å². The summed E-state index contributed by atoms with van der Waals surface area (Å²) in [5.74, 6) is 0. The molecule has 3 rings (SSSR count). The zero-order chi connectivity index (χ0) is 19.2. The third-order valence-corrected chi connectivity index (χ3v) is 5.62. The number of benzene rings is 3. The molecule has 0 heterocycles. The first-order valence-electron chi connectivity index (χ1n) is 10.1. The molecule has 0 aliphatic carbocycles. The second kappa shape index (κ2) is 9.54. The Morgan fingerprint density at radius 1 is 0.889 bits per heavy atom. The van der Waals surface area contributed by atoms with Crippen LogP contribution in [0.5, 0.6) is 0 Å². The molecule has 1 N–H and O–H groups in total. The molecule has 0 radical (unpaired) electrons. The van der Waals surface area contributed by atoms with Gasteiger partial charge in [-0.3, -0.25) is 0 Å². The van der Waals surface area contributed by atoms with Crippen molar-refractivity contribution in [1.29, 1.82) is 0 Å². The van der Waals surface area contributed by atoms with E-state index in [-0.39, 0.29) is 0 Å². The van der Waals surface area contributed by atoms with E-state index < -0.39 is 6.10 Å². The molecule has 1 atom stereocenters. The maximum absolute atomic E-state index is 10.9. The first-order valence-corrected chi connectivity index (χ1v) is 10.5. The van der Waals surface area contributed by atoms with Crippen LogP contribution in [0.2, 0.25) is 5.02 Å². The van der Waals surface area contributed by atoms with Crippen molar-refractivity contribution in [2.45, 2.75) is 45.6 Å². The van der Waals surface area contributed by atoms with Crippen molar-refractivity contribution in [2.75, 3.05) is 19.6 Å². The standard InChI is InChI=1S/C24H30ClNO/c1-3-5-13-26(14-6-4-2)17-24(27)19-12-11-18-16-23(25)21-10-8-7-9-20(21)22(18)15-19/h7-12,15-16,24,27H,3-6,13-14,17H2,1-2H3/t24-/m0/s1. The van der Waals surface area contributed by atoms with E-state index >= 15 is 0 Å². The first kappa shape index (κ1) is 20.1. The third-order valence-electron chi connectivity index (χ3n) is 5.31. The predicted octanol–water partition coefficient (Wildman–Crippen LogP) is 6.58. The van der Waals surface area contributed by atoms with Gasteiger partial charge in [-0.25, -0.2) is 0 Å². The van der Waals surface area contributed by atoms with Gasteiger partial charge in [0.1, 0.15) is 0 Å². The Bertz CT molecular complexity index is 884. The van der Waals surface area contributed by atoms with Crippen LogP contribution in [0.25, 0.3) is 21.5 Å². The van der Waals surface area contributed by atoms with E-state index in [4.69, 9.17) is 11.6 Å². The average Bonchev–Trinajstić information content (AvgIpc) is 2.70. The largest absolute Gasteiger partial charge is 0.387 e. The summed E-state index contributed by atoms with van der Waals surface area (Å²) in [4.78, 5) is 2.40. The average molecular weight is 384 g/mol. The van der Waals surface area contributed by atoms with Crippen LogP contribution in [0.15, 0.2) is 48.5 Å². The fourth-order valence-corrected chi connectivity index (χ4v) is 3.97. The minimum atomic E-state index is -0.474. The van der Waals surface area contributed by atoms with Gasteiger partial charge >= 0.3 is 0 Å². The molecule has 3 heteroatoms. The summed E-state index contributed by atoms with van der Waals surface area (Å²) in [6.07, 6.45) is 4.25. The van der Waals surface area contributed by atoms with Gasteiger partial charge in [-0.1, -0.05) is 74.7 Å². The summed E-state index contributed by atoms with van der Waals surface area (Å²) < 4.78 is 0. The van der Waals surface area contributed by atoms with Crippen molar-refractivity contribution >= 4 is 33.1 Å². The van der Waals surface area contributed by atoms with Gasteiger partial charge in [-0.15, -0.1) is 0 Å². The molecule has 2 nitrogen and oxygen atoms in total. The summed E-state index contributed by atoms with van der Waals surface area (Å²) in [6, 6.07) is 16.5. The summed E-state index contributed by atoms with van der Waals surface area (Å²) in [7, 11) is 0. The Kier molecular flexibility index (Phi) is 7.12. The van der Waals surface area contributed by atoms with Gasteiger partial charge in [0.25, 0.3) is 0 Å². The lowest BCUT2D eigenvalue weighted by atomic mass is 9.98. The zero-order valence-electron chi connectivity index (χ0n) is 16.4. The van der Waals surface area contributed by atoms with Crippen LogP contribution in [0.3, 0.4) is 0 Å². The van der Waals surface area contributed by atoms with Crippen molar-refractivity contribution in [3.05, 3.63) is 59.1 Å². The van der Waals surface area contributed by atoms with Gasteiger partial charge in [0.2, 0.25) is 0 Å². The smallest absolute Gasteiger partial charge is 0.0917 e. The van der Waals surface area contributed by atoms with Crippen LogP contribution < -0.4 is 0 Å². The lowest BCUT2D eigenvalue weighted by Gasteiger charge is -2.25. The van der Waals surface area contributed by atoms with Gasteiger partial charge in [0.05, 0.1) is 6.10 Å². The summed E-state index contributed by atoms with van der Waals surface area (Å²) in [5.41, 5.74) is 0.980. The fourth-order valence-electron chi connectivity index (χ4n) is 3.69. The Morgan fingerprint density at radius 3 is 2.22 bits per heavy atom.